The van der Waals surface area contributed by atoms with Crippen LogP contribution in [0.4, 0.5) is 0 Å². The Hall–Kier alpha value is -1.98. The van der Waals surface area contributed by atoms with E-state index in [0.717, 1.165) is 0 Å². The molecule has 0 unspecified atom stereocenters. The Morgan fingerprint density at radius 1 is 1.21 bits per heavy atom. The molecule has 0 atom stereocenters. The second-order valence-electron chi connectivity index (χ2n) is 2.43. The van der Waals surface area contributed by atoms with Crippen molar-refractivity contribution in [3.63, 3.8) is 0 Å². The van der Waals surface area contributed by atoms with Gasteiger partial charge in [-0.25, -0.2) is 0 Å². The standard InChI is InChI=1S/C5H9N7O2/c6-10-8-3-1-5(12(13)14)2-4-9-11-7/h5H,1-4H2. The normalized spacial score (nSPS) is 10.9. The van der Waals surface area contributed by atoms with E-state index < -0.39 is 11.0 Å². The predicted octanol–water partition coefficient (Wildman–Crippen LogP) is 2.03. The zero-order valence-corrected chi connectivity index (χ0v) is 7.35. The highest BCUT2D eigenvalue weighted by molar-refractivity contribution is 4.61. The van der Waals surface area contributed by atoms with E-state index in [2.05, 4.69) is 20.1 Å². The Morgan fingerprint density at radius 2 is 1.64 bits per heavy atom. The van der Waals surface area contributed by atoms with Gasteiger partial charge >= 0.3 is 0 Å². The van der Waals surface area contributed by atoms with Crippen LogP contribution in [0.3, 0.4) is 0 Å². The SMILES string of the molecule is [N-]=[N+]=NCCC(CCN=[N+]=[N-])[N+](=O)[O-]. The van der Waals surface area contributed by atoms with Gasteiger partial charge in [0.2, 0.25) is 6.04 Å². The van der Waals surface area contributed by atoms with E-state index in [1.165, 1.54) is 0 Å². The second kappa shape index (κ2) is 7.66. The molecule has 0 radical (unpaired) electrons. The lowest BCUT2D eigenvalue weighted by Gasteiger charge is -2.04. The summed E-state index contributed by atoms with van der Waals surface area (Å²) in [5.74, 6) is 0. The average Bonchev–Trinajstić information content (AvgIpc) is 2.15. The van der Waals surface area contributed by atoms with Gasteiger partial charge in [-0.15, -0.1) is 0 Å². The third-order valence-corrected chi connectivity index (χ3v) is 1.55. The molecule has 0 saturated heterocycles. The summed E-state index contributed by atoms with van der Waals surface area (Å²) in [6.07, 6.45) is 0.329. The van der Waals surface area contributed by atoms with Crippen molar-refractivity contribution >= 4 is 0 Å². The molecule has 0 bridgehead atoms. The molecule has 0 aromatic carbocycles. The van der Waals surface area contributed by atoms with Crippen molar-refractivity contribution < 1.29 is 4.92 Å². The first-order valence-electron chi connectivity index (χ1n) is 3.87. The molecule has 0 aliphatic carbocycles. The minimum atomic E-state index is -0.814. The van der Waals surface area contributed by atoms with Crippen LogP contribution in [0, 0.1) is 10.1 Å². The van der Waals surface area contributed by atoms with Gasteiger partial charge in [-0.1, -0.05) is 10.2 Å². The molecular formula is C5H9N7O2. The molecule has 0 spiro atoms. The van der Waals surface area contributed by atoms with Crippen LogP contribution in [0.15, 0.2) is 10.2 Å². The van der Waals surface area contributed by atoms with Crippen LogP contribution >= 0.6 is 0 Å². The highest BCUT2D eigenvalue weighted by Gasteiger charge is 2.17. The fourth-order valence-electron chi connectivity index (χ4n) is 0.858. The lowest BCUT2D eigenvalue weighted by Crippen LogP contribution is -2.21. The monoisotopic (exact) mass is 199 g/mol. The molecule has 0 heterocycles. The molecule has 0 rings (SSSR count). The summed E-state index contributed by atoms with van der Waals surface area (Å²) in [5, 5.41) is 16.8. The topological polar surface area (TPSA) is 141 Å². The largest absolute Gasteiger partial charge is 0.264 e. The zero-order valence-electron chi connectivity index (χ0n) is 7.35. The van der Waals surface area contributed by atoms with Crippen molar-refractivity contribution in [1.82, 2.24) is 0 Å². The highest BCUT2D eigenvalue weighted by atomic mass is 16.6. The number of rotatable bonds is 7. The fraction of sp³-hybridized carbons (Fsp3) is 1.00. The van der Waals surface area contributed by atoms with E-state index >= 15 is 0 Å². The van der Waals surface area contributed by atoms with Gasteiger partial charge in [-0.05, 0) is 11.1 Å². The Morgan fingerprint density at radius 3 is 1.93 bits per heavy atom. The molecule has 0 aliphatic heterocycles. The number of azide groups is 2. The molecule has 76 valence electrons. The van der Waals surface area contributed by atoms with Crippen molar-refractivity contribution in [2.75, 3.05) is 13.1 Å². The lowest BCUT2D eigenvalue weighted by molar-refractivity contribution is -0.523. The van der Waals surface area contributed by atoms with E-state index in [4.69, 9.17) is 11.1 Å². The van der Waals surface area contributed by atoms with Crippen LogP contribution in [0.25, 0.3) is 20.9 Å². The van der Waals surface area contributed by atoms with Crippen molar-refractivity contribution in [3.05, 3.63) is 31.0 Å². The summed E-state index contributed by atoms with van der Waals surface area (Å²) < 4.78 is 0. The maximum atomic E-state index is 10.4. The van der Waals surface area contributed by atoms with Gasteiger partial charge in [-0.2, -0.15) is 0 Å². The zero-order chi connectivity index (χ0) is 10.8. The molecule has 0 amide bonds. The minimum absolute atomic E-state index is 0.0818. The van der Waals surface area contributed by atoms with Crippen LogP contribution in [0.5, 0.6) is 0 Å². The molecule has 0 aromatic heterocycles. The molecular weight excluding hydrogens is 190 g/mol. The van der Waals surface area contributed by atoms with Crippen LogP contribution in [0.2, 0.25) is 0 Å². The molecule has 0 fully saturated rings. The number of hydrogen-bond acceptors (Lipinski definition) is 4. The quantitative estimate of drug-likeness (QED) is 0.203. The molecule has 0 aromatic rings. The van der Waals surface area contributed by atoms with Crippen LogP contribution < -0.4 is 0 Å². The van der Waals surface area contributed by atoms with Gasteiger partial charge in [0.25, 0.3) is 0 Å². The minimum Gasteiger partial charge on any atom is -0.264 e. The molecule has 0 N–H and O–H groups in total. The van der Waals surface area contributed by atoms with Crippen molar-refractivity contribution in [2.45, 2.75) is 18.9 Å². The third kappa shape index (κ3) is 5.64. The summed E-state index contributed by atoms with van der Waals surface area (Å²) in [6, 6.07) is -0.814. The molecule has 0 aliphatic rings. The second-order valence-corrected chi connectivity index (χ2v) is 2.43. The fourth-order valence-corrected chi connectivity index (χ4v) is 0.858. The molecule has 0 saturated carbocycles. The van der Waals surface area contributed by atoms with Crippen LogP contribution in [0.1, 0.15) is 12.8 Å². The number of nitro groups is 1. The summed E-state index contributed by atoms with van der Waals surface area (Å²) in [7, 11) is 0. The summed E-state index contributed by atoms with van der Waals surface area (Å²) in [6.45, 7) is 0.164. The van der Waals surface area contributed by atoms with Gasteiger partial charge in [-0.3, -0.25) is 10.1 Å². The van der Waals surface area contributed by atoms with E-state index in [0.29, 0.717) is 0 Å². The van der Waals surface area contributed by atoms with Gasteiger partial charge in [0.15, 0.2) is 0 Å². The average molecular weight is 199 g/mol. The third-order valence-electron chi connectivity index (χ3n) is 1.55. The van der Waals surface area contributed by atoms with Crippen LogP contribution in [-0.4, -0.2) is 24.1 Å². The van der Waals surface area contributed by atoms with E-state index in [1.54, 1.807) is 0 Å². The smallest absolute Gasteiger partial charge is 0.213 e. The first-order chi connectivity index (χ1) is 6.72. The first-order valence-corrected chi connectivity index (χ1v) is 3.87. The summed E-state index contributed by atoms with van der Waals surface area (Å²) in [5.41, 5.74) is 15.9. The number of nitrogens with zero attached hydrogens (tertiary/aromatic N) is 7. The van der Waals surface area contributed by atoms with Crippen molar-refractivity contribution in [2.24, 2.45) is 10.2 Å². The summed E-state index contributed by atoms with van der Waals surface area (Å²) >= 11 is 0. The van der Waals surface area contributed by atoms with Gasteiger partial charge in [0, 0.05) is 40.7 Å². The van der Waals surface area contributed by atoms with Crippen molar-refractivity contribution in [3.8, 4) is 0 Å². The maximum absolute atomic E-state index is 10.4. The Kier molecular flexibility index (Phi) is 6.57. The van der Waals surface area contributed by atoms with Crippen molar-refractivity contribution in [1.29, 1.82) is 0 Å². The molecule has 14 heavy (non-hydrogen) atoms. The molecule has 9 heteroatoms. The lowest BCUT2D eigenvalue weighted by atomic mass is 10.1. The van der Waals surface area contributed by atoms with Gasteiger partial charge < -0.3 is 0 Å². The number of hydrogen-bond donors (Lipinski definition) is 0. The summed E-state index contributed by atoms with van der Waals surface area (Å²) in [4.78, 5) is 14.9. The van der Waals surface area contributed by atoms with E-state index in [9.17, 15) is 10.1 Å². The first kappa shape index (κ1) is 12.0. The van der Waals surface area contributed by atoms with Crippen LogP contribution in [-0.2, 0) is 0 Å². The Balaban J connectivity index is 3.95. The Labute approximate surface area is 79.1 Å². The van der Waals surface area contributed by atoms with Gasteiger partial charge in [0.1, 0.15) is 0 Å². The Bertz CT molecular complexity index is 256. The molecule has 9 nitrogen and oxygen atoms in total. The van der Waals surface area contributed by atoms with E-state index in [1.807, 2.05) is 0 Å². The van der Waals surface area contributed by atoms with Gasteiger partial charge in [0.05, 0.1) is 0 Å². The maximum Gasteiger partial charge on any atom is 0.213 e. The predicted molar refractivity (Wildman–Crippen MR) is 48.0 cm³/mol. The highest BCUT2D eigenvalue weighted by Crippen LogP contribution is 2.03. The van der Waals surface area contributed by atoms with E-state index in [-0.39, 0.29) is 25.9 Å².